The molecule has 0 fully saturated rings. The van der Waals surface area contributed by atoms with Crippen molar-refractivity contribution in [3.8, 4) is 5.75 Å². The van der Waals surface area contributed by atoms with Gasteiger partial charge in [-0.15, -0.1) is 0 Å². The third kappa shape index (κ3) is 2.49. The summed E-state index contributed by atoms with van der Waals surface area (Å²) in [6.45, 7) is 1.36. The largest absolute Gasteiger partial charge is 0.493 e. The summed E-state index contributed by atoms with van der Waals surface area (Å²) in [5, 5.41) is 3.21. The first-order valence-electron chi connectivity index (χ1n) is 5.97. The maximum absolute atomic E-state index is 5.80. The van der Waals surface area contributed by atoms with Crippen LogP contribution in [-0.2, 0) is 13.0 Å². The van der Waals surface area contributed by atoms with Crippen molar-refractivity contribution in [2.24, 2.45) is 0 Å². The smallest absolute Gasteiger partial charge is 0.152 e. The van der Waals surface area contributed by atoms with Gasteiger partial charge in [0.1, 0.15) is 12.1 Å². The Morgan fingerprint density at radius 3 is 3.16 bits per heavy atom. The number of fused-ring (bicyclic) bond motifs is 1. The van der Waals surface area contributed by atoms with Crippen molar-refractivity contribution in [3.63, 3.8) is 0 Å². The second kappa shape index (κ2) is 5.05. The highest BCUT2D eigenvalue weighted by Gasteiger charge is 2.17. The summed E-state index contributed by atoms with van der Waals surface area (Å²) in [7, 11) is 0. The number of nitrogens with zero attached hydrogens (tertiary/aromatic N) is 2. The van der Waals surface area contributed by atoms with E-state index in [1.165, 1.54) is 11.9 Å². The molecule has 0 saturated heterocycles. The van der Waals surface area contributed by atoms with E-state index in [1.807, 2.05) is 0 Å². The van der Waals surface area contributed by atoms with Crippen LogP contribution < -0.4 is 15.8 Å². The Morgan fingerprint density at radius 1 is 1.42 bits per heavy atom. The number of nitrogens with one attached hydrogen (secondary N) is 1. The molecule has 0 spiro atoms. The maximum atomic E-state index is 5.80. The number of aromatic nitrogens is 2. The normalized spacial score (nSPS) is 12.9. The van der Waals surface area contributed by atoms with E-state index in [4.69, 9.17) is 10.5 Å². The molecule has 0 atom stereocenters. The van der Waals surface area contributed by atoms with Crippen LogP contribution in [-0.4, -0.2) is 16.6 Å². The molecule has 1 aliphatic heterocycles. The molecule has 5 nitrogen and oxygen atoms in total. The average Bonchev–Trinajstić information content (AvgIpc) is 2.85. The minimum absolute atomic E-state index is 0.537. The van der Waals surface area contributed by atoms with Gasteiger partial charge in [0, 0.05) is 23.0 Å². The number of hydrogen-bond acceptors (Lipinski definition) is 5. The van der Waals surface area contributed by atoms with Crippen LogP contribution >= 0.6 is 15.9 Å². The van der Waals surface area contributed by atoms with Crippen LogP contribution in [0.2, 0.25) is 0 Å². The van der Waals surface area contributed by atoms with Gasteiger partial charge in [-0.2, -0.15) is 0 Å². The van der Waals surface area contributed by atoms with Crippen LogP contribution in [0.1, 0.15) is 11.1 Å². The van der Waals surface area contributed by atoms with Gasteiger partial charge in [-0.3, -0.25) is 0 Å². The average molecular weight is 321 g/mol. The number of benzene rings is 1. The maximum Gasteiger partial charge on any atom is 0.152 e. The number of hydrogen-bond donors (Lipinski definition) is 2. The number of nitrogen functional groups attached to an aromatic ring is 1. The molecule has 0 saturated carbocycles. The minimum atomic E-state index is 0.537. The lowest BCUT2D eigenvalue weighted by atomic mass is 10.1. The quantitative estimate of drug-likeness (QED) is 0.908. The Hall–Kier alpha value is -1.82. The molecule has 0 bridgehead atoms. The van der Waals surface area contributed by atoms with Crippen molar-refractivity contribution < 1.29 is 4.74 Å². The van der Waals surface area contributed by atoms with Gasteiger partial charge in [0.05, 0.1) is 18.5 Å². The van der Waals surface area contributed by atoms with Gasteiger partial charge in [-0.1, -0.05) is 15.9 Å². The molecule has 0 radical (unpaired) electrons. The van der Waals surface area contributed by atoms with Crippen molar-refractivity contribution in [2.75, 3.05) is 17.7 Å². The molecular weight excluding hydrogens is 308 g/mol. The van der Waals surface area contributed by atoms with Gasteiger partial charge in [-0.25, -0.2) is 9.97 Å². The van der Waals surface area contributed by atoms with Gasteiger partial charge in [0.25, 0.3) is 0 Å². The first-order chi connectivity index (χ1) is 9.24. The molecule has 2 heterocycles. The Kier molecular flexibility index (Phi) is 3.25. The van der Waals surface area contributed by atoms with Crippen molar-refractivity contribution in [3.05, 3.63) is 40.3 Å². The Bertz CT molecular complexity index is 618. The zero-order valence-electron chi connectivity index (χ0n) is 10.2. The van der Waals surface area contributed by atoms with Gasteiger partial charge in [0.2, 0.25) is 0 Å². The molecular formula is C13H13BrN4O. The van der Waals surface area contributed by atoms with E-state index in [9.17, 15) is 0 Å². The lowest BCUT2D eigenvalue weighted by molar-refractivity contribution is 0.354. The van der Waals surface area contributed by atoms with E-state index in [-0.39, 0.29) is 0 Å². The fourth-order valence-corrected chi connectivity index (χ4v) is 2.70. The third-order valence-corrected chi connectivity index (χ3v) is 3.47. The second-order valence-electron chi connectivity index (χ2n) is 4.33. The Balaban J connectivity index is 1.83. The molecule has 1 aromatic carbocycles. The van der Waals surface area contributed by atoms with E-state index in [2.05, 4.69) is 43.3 Å². The summed E-state index contributed by atoms with van der Waals surface area (Å²) in [6.07, 6.45) is 4.01. The lowest BCUT2D eigenvalue weighted by Gasteiger charge is -2.11. The summed E-state index contributed by atoms with van der Waals surface area (Å²) in [5.41, 5.74) is 8.67. The second-order valence-corrected chi connectivity index (χ2v) is 5.25. The van der Waals surface area contributed by atoms with Crippen LogP contribution in [0.15, 0.2) is 29.1 Å². The standard InChI is InChI=1S/C13H13BrN4O/c14-10-3-8-1-2-19-12(8)9(4-10)5-17-13-11(15)6-16-7-18-13/h3-4,6-7H,1-2,5,15H2,(H,16,17,18). The van der Waals surface area contributed by atoms with E-state index >= 15 is 0 Å². The van der Waals surface area contributed by atoms with E-state index in [0.29, 0.717) is 18.1 Å². The molecule has 98 valence electrons. The fraction of sp³-hybridized carbons (Fsp3) is 0.231. The summed E-state index contributed by atoms with van der Waals surface area (Å²) in [5.74, 6) is 1.62. The Labute approximate surface area is 119 Å². The fourth-order valence-electron chi connectivity index (χ4n) is 2.14. The third-order valence-electron chi connectivity index (χ3n) is 3.01. The van der Waals surface area contributed by atoms with Crippen LogP contribution in [0.4, 0.5) is 11.5 Å². The summed E-state index contributed by atoms with van der Waals surface area (Å²) < 4.78 is 6.74. The van der Waals surface area contributed by atoms with Crippen LogP contribution in [0.25, 0.3) is 0 Å². The highest BCUT2D eigenvalue weighted by Crippen LogP contribution is 2.33. The van der Waals surface area contributed by atoms with Gasteiger partial charge >= 0.3 is 0 Å². The minimum Gasteiger partial charge on any atom is -0.493 e. The molecule has 1 aliphatic rings. The molecule has 0 aliphatic carbocycles. The molecule has 0 amide bonds. The van der Waals surface area contributed by atoms with Crippen LogP contribution in [0, 0.1) is 0 Å². The van der Waals surface area contributed by atoms with E-state index < -0.39 is 0 Å². The van der Waals surface area contributed by atoms with E-state index in [0.717, 1.165) is 28.8 Å². The summed E-state index contributed by atoms with van der Waals surface area (Å²) >= 11 is 3.52. The van der Waals surface area contributed by atoms with Crippen LogP contribution in [0.5, 0.6) is 5.75 Å². The number of anilines is 2. The molecule has 0 unspecified atom stereocenters. The summed E-state index contributed by atoms with van der Waals surface area (Å²) in [6, 6.07) is 4.15. The first kappa shape index (κ1) is 12.2. The topological polar surface area (TPSA) is 73.1 Å². The zero-order valence-corrected chi connectivity index (χ0v) is 11.8. The number of rotatable bonds is 3. The molecule has 2 aromatic rings. The van der Waals surface area contributed by atoms with Gasteiger partial charge < -0.3 is 15.8 Å². The number of halogens is 1. The van der Waals surface area contributed by atoms with Gasteiger partial charge in [0.15, 0.2) is 5.82 Å². The zero-order chi connectivity index (χ0) is 13.2. The van der Waals surface area contributed by atoms with Crippen LogP contribution in [0.3, 0.4) is 0 Å². The predicted molar refractivity (Wildman–Crippen MR) is 77.1 cm³/mol. The lowest BCUT2D eigenvalue weighted by Crippen LogP contribution is -2.06. The summed E-state index contributed by atoms with van der Waals surface area (Å²) in [4.78, 5) is 7.97. The molecule has 1 aromatic heterocycles. The predicted octanol–water partition coefficient (Wildman–Crippen LogP) is 2.37. The number of nitrogens with two attached hydrogens (primary N) is 1. The highest BCUT2D eigenvalue weighted by molar-refractivity contribution is 9.10. The van der Waals surface area contributed by atoms with Gasteiger partial charge in [-0.05, 0) is 17.7 Å². The van der Waals surface area contributed by atoms with Crippen molar-refractivity contribution in [2.45, 2.75) is 13.0 Å². The molecule has 3 N–H and O–H groups in total. The van der Waals surface area contributed by atoms with Crippen molar-refractivity contribution in [1.82, 2.24) is 9.97 Å². The number of ether oxygens (including phenoxy) is 1. The molecule has 19 heavy (non-hydrogen) atoms. The Morgan fingerprint density at radius 2 is 2.32 bits per heavy atom. The van der Waals surface area contributed by atoms with E-state index in [1.54, 1.807) is 6.20 Å². The molecule has 6 heteroatoms. The molecule has 3 rings (SSSR count). The highest BCUT2D eigenvalue weighted by atomic mass is 79.9. The van der Waals surface area contributed by atoms with Crippen molar-refractivity contribution in [1.29, 1.82) is 0 Å². The first-order valence-corrected chi connectivity index (χ1v) is 6.77. The van der Waals surface area contributed by atoms with Crippen molar-refractivity contribution >= 4 is 27.4 Å². The SMILES string of the molecule is Nc1cncnc1NCc1cc(Br)cc2c1OCC2. The monoisotopic (exact) mass is 320 g/mol.